The van der Waals surface area contributed by atoms with Gasteiger partial charge in [-0.3, -0.25) is 5.43 Å². The van der Waals surface area contributed by atoms with Gasteiger partial charge in [0.15, 0.2) is 11.6 Å². The fraction of sp³-hybridized carbons (Fsp3) is 0.286. The first-order chi connectivity index (χ1) is 13.0. The van der Waals surface area contributed by atoms with Gasteiger partial charge in [0.2, 0.25) is 0 Å². The van der Waals surface area contributed by atoms with Gasteiger partial charge in [-0.25, -0.2) is 4.39 Å². The van der Waals surface area contributed by atoms with Gasteiger partial charge in [-0.2, -0.15) is 5.10 Å². The molecule has 0 aliphatic carbocycles. The first-order valence-corrected chi connectivity index (χ1v) is 9.05. The van der Waals surface area contributed by atoms with Gasteiger partial charge in [0, 0.05) is 24.3 Å². The number of rotatable bonds is 6. The Morgan fingerprint density at radius 3 is 2.44 bits per heavy atom. The number of halogens is 1. The van der Waals surface area contributed by atoms with Crippen LogP contribution >= 0.6 is 0 Å². The number of anilines is 1. The summed E-state index contributed by atoms with van der Waals surface area (Å²) in [6.07, 6.45) is 6.60. The van der Waals surface area contributed by atoms with E-state index in [0.29, 0.717) is 5.56 Å². The third-order valence-electron chi connectivity index (χ3n) is 4.41. The van der Waals surface area contributed by atoms with Gasteiger partial charge in [-0.15, -0.1) is 0 Å². The minimum absolute atomic E-state index is 0.229. The molecule has 6 heteroatoms. The highest BCUT2D eigenvalue weighted by Crippen LogP contribution is 2.24. The number of nitrogens with one attached hydrogen (secondary N) is 1. The lowest BCUT2D eigenvalue weighted by Gasteiger charge is -2.17. The molecule has 3 rings (SSSR count). The average molecular weight is 369 g/mol. The summed E-state index contributed by atoms with van der Waals surface area (Å²) in [5.74, 6) is -1.20. The lowest BCUT2D eigenvalue weighted by molar-refractivity contribution is 0.159. The van der Waals surface area contributed by atoms with E-state index >= 15 is 0 Å². The Labute approximate surface area is 158 Å². The standard InChI is InChI=1S/C21H24FN3O2/c1-15(26)24-23-14-18-12-17(13-20(22)21(18)27)5-4-16-6-8-19(9-7-16)25-10-2-3-11-25/h4-9,12-15,24,26-27H,2-3,10-11H2,1H3/b5-4+,23-14+. The average Bonchev–Trinajstić information content (AvgIpc) is 3.18. The predicted molar refractivity (Wildman–Crippen MR) is 107 cm³/mol. The lowest BCUT2D eigenvalue weighted by atomic mass is 10.1. The molecule has 1 atom stereocenters. The molecule has 1 fully saturated rings. The lowest BCUT2D eigenvalue weighted by Crippen LogP contribution is -2.19. The maximum atomic E-state index is 14.0. The summed E-state index contributed by atoms with van der Waals surface area (Å²) in [6, 6.07) is 11.2. The molecule has 1 saturated heterocycles. The molecular weight excluding hydrogens is 345 g/mol. The maximum Gasteiger partial charge on any atom is 0.166 e. The van der Waals surface area contributed by atoms with E-state index in [1.165, 1.54) is 37.7 Å². The van der Waals surface area contributed by atoms with Crippen LogP contribution in [0.4, 0.5) is 10.1 Å². The number of aliphatic hydroxyl groups excluding tert-OH is 1. The highest BCUT2D eigenvalue weighted by molar-refractivity contribution is 5.85. The molecule has 0 aromatic heterocycles. The zero-order valence-electron chi connectivity index (χ0n) is 15.3. The Morgan fingerprint density at radius 2 is 1.78 bits per heavy atom. The van der Waals surface area contributed by atoms with Crippen molar-refractivity contribution < 1.29 is 14.6 Å². The van der Waals surface area contributed by atoms with Gasteiger partial charge in [-0.1, -0.05) is 24.3 Å². The zero-order valence-corrected chi connectivity index (χ0v) is 15.3. The van der Waals surface area contributed by atoms with E-state index in [0.717, 1.165) is 18.7 Å². The van der Waals surface area contributed by atoms with Crippen LogP contribution in [0.25, 0.3) is 12.2 Å². The Balaban J connectivity index is 1.74. The number of hydrazone groups is 1. The number of aliphatic hydroxyl groups is 1. The Hall–Kier alpha value is -2.86. The topological polar surface area (TPSA) is 68.1 Å². The van der Waals surface area contributed by atoms with Crippen LogP contribution in [0.15, 0.2) is 41.5 Å². The number of benzene rings is 2. The van der Waals surface area contributed by atoms with Crippen LogP contribution in [0.2, 0.25) is 0 Å². The van der Waals surface area contributed by atoms with Gasteiger partial charge in [0.05, 0.1) is 6.21 Å². The van der Waals surface area contributed by atoms with Crippen LogP contribution in [-0.4, -0.2) is 35.7 Å². The second kappa shape index (κ2) is 8.68. The molecule has 0 saturated carbocycles. The summed E-state index contributed by atoms with van der Waals surface area (Å²) in [6.45, 7) is 3.72. The van der Waals surface area contributed by atoms with E-state index in [1.54, 1.807) is 12.1 Å². The second-order valence-corrected chi connectivity index (χ2v) is 6.62. The maximum absolute atomic E-state index is 14.0. The summed E-state index contributed by atoms with van der Waals surface area (Å²) in [5.41, 5.74) is 5.49. The molecule has 5 nitrogen and oxygen atoms in total. The highest BCUT2D eigenvalue weighted by atomic mass is 19.1. The zero-order chi connectivity index (χ0) is 19.2. The largest absolute Gasteiger partial charge is 0.504 e. The van der Waals surface area contributed by atoms with Crippen molar-refractivity contribution in [2.24, 2.45) is 5.10 Å². The van der Waals surface area contributed by atoms with Crippen molar-refractivity contribution in [2.45, 2.75) is 26.0 Å². The van der Waals surface area contributed by atoms with E-state index < -0.39 is 17.8 Å². The molecule has 0 amide bonds. The molecule has 1 aliphatic heterocycles. The van der Waals surface area contributed by atoms with Crippen LogP contribution in [0.5, 0.6) is 5.75 Å². The molecule has 2 aromatic carbocycles. The summed E-state index contributed by atoms with van der Waals surface area (Å²) in [5, 5.41) is 22.7. The van der Waals surface area contributed by atoms with Gasteiger partial charge in [0.25, 0.3) is 0 Å². The summed E-state index contributed by atoms with van der Waals surface area (Å²) in [4.78, 5) is 2.37. The van der Waals surface area contributed by atoms with E-state index in [4.69, 9.17) is 5.11 Å². The predicted octanol–water partition coefficient (Wildman–Crippen LogP) is 3.56. The van der Waals surface area contributed by atoms with Crippen LogP contribution < -0.4 is 10.3 Å². The third-order valence-corrected chi connectivity index (χ3v) is 4.41. The van der Waals surface area contributed by atoms with Crippen molar-refractivity contribution in [1.29, 1.82) is 0 Å². The molecule has 2 aromatic rings. The van der Waals surface area contributed by atoms with Crippen molar-refractivity contribution >= 4 is 24.1 Å². The number of phenols is 1. The second-order valence-electron chi connectivity index (χ2n) is 6.62. The van der Waals surface area contributed by atoms with Gasteiger partial charge >= 0.3 is 0 Å². The van der Waals surface area contributed by atoms with Crippen LogP contribution in [-0.2, 0) is 0 Å². The molecule has 27 heavy (non-hydrogen) atoms. The number of phenolic OH excluding ortho intramolecular Hbond substituents is 1. The van der Waals surface area contributed by atoms with E-state index in [1.807, 2.05) is 18.2 Å². The van der Waals surface area contributed by atoms with Crippen molar-refractivity contribution in [3.63, 3.8) is 0 Å². The number of hydrogen-bond acceptors (Lipinski definition) is 5. The Bertz CT molecular complexity index is 826. The summed E-state index contributed by atoms with van der Waals surface area (Å²) in [7, 11) is 0. The smallest absolute Gasteiger partial charge is 0.166 e. The SMILES string of the molecule is CC(O)N/N=C/c1cc(/C=C/c2ccc(N3CCCC3)cc2)cc(F)c1O. The first kappa shape index (κ1) is 18.9. The molecular formula is C21H24FN3O2. The molecule has 1 heterocycles. The van der Waals surface area contributed by atoms with Crippen molar-refractivity contribution in [2.75, 3.05) is 18.0 Å². The highest BCUT2D eigenvalue weighted by Gasteiger charge is 2.11. The van der Waals surface area contributed by atoms with Crippen LogP contribution in [0.1, 0.15) is 36.5 Å². The molecule has 0 spiro atoms. The van der Waals surface area contributed by atoms with Crippen molar-refractivity contribution in [3.05, 3.63) is 58.9 Å². The minimum Gasteiger partial charge on any atom is -0.504 e. The molecule has 142 valence electrons. The Kier molecular flexibility index (Phi) is 6.08. The molecule has 0 bridgehead atoms. The quantitative estimate of drug-likeness (QED) is 0.315. The molecule has 1 unspecified atom stereocenters. The monoisotopic (exact) mass is 369 g/mol. The van der Waals surface area contributed by atoms with Gasteiger partial charge in [0.1, 0.15) is 6.23 Å². The van der Waals surface area contributed by atoms with Crippen molar-refractivity contribution in [3.8, 4) is 5.75 Å². The fourth-order valence-electron chi connectivity index (χ4n) is 3.02. The van der Waals surface area contributed by atoms with Crippen LogP contribution in [0.3, 0.4) is 0 Å². The van der Waals surface area contributed by atoms with Crippen molar-refractivity contribution in [1.82, 2.24) is 5.43 Å². The fourth-order valence-corrected chi connectivity index (χ4v) is 3.02. The summed E-state index contributed by atoms with van der Waals surface area (Å²) >= 11 is 0. The molecule has 0 radical (unpaired) electrons. The molecule has 1 aliphatic rings. The number of hydrogen-bond donors (Lipinski definition) is 3. The Morgan fingerprint density at radius 1 is 1.11 bits per heavy atom. The van der Waals surface area contributed by atoms with Gasteiger partial charge in [-0.05, 0) is 55.2 Å². The van der Waals surface area contributed by atoms with E-state index in [9.17, 15) is 9.50 Å². The van der Waals surface area contributed by atoms with E-state index in [-0.39, 0.29) is 5.56 Å². The third kappa shape index (κ3) is 5.08. The summed E-state index contributed by atoms with van der Waals surface area (Å²) < 4.78 is 14.0. The first-order valence-electron chi connectivity index (χ1n) is 9.05. The van der Waals surface area contributed by atoms with Gasteiger partial charge < -0.3 is 15.1 Å². The number of aromatic hydroxyl groups is 1. The van der Waals surface area contributed by atoms with E-state index in [2.05, 4.69) is 27.6 Å². The minimum atomic E-state index is -0.833. The molecule has 3 N–H and O–H groups in total. The normalized spacial score (nSPS) is 15.7. The van der Waals surface area contributed by atoms with Crippen LogP contribution in [0, 0.1) is 5.82 Å². The number of nitrogens with zero attached hydrogens (tertiary/aromatic N) is 2.